The van der Waals surface area contributed by atoms with Crippen molar-refractivity contribution in [3.63, 3.8) is 0 Å². The van der Waals surface area contributed by atoms with Crippen molar-refractivity contribution in [2.45, 2.75) is 19.8 Å². The van der Waals surface area contributed by atoms with Crippen molar-refractivity contribution in [1.82, 2.24) is 9.97 Å². The van der Waals surface area contributed by atoms with Gasteiger partial charge in [0.15, 0.2) is 5.78 Å². The van der Waals surface area contributed by atoms with Gasteiger partial charge in [-0.1, -0.05) is 6.92 Å². The first-order chi connectivity index (χ1) is 6.27. The molecule has 0 atom stereocenters. The number of hydrogen-bond donors (Lipinski definition) is 0. The van der Waals surface area contributed by atoms with Crippen LogP contribution in [0.1, 0.15) is 30.3 Å². The zero-order chi connectivity index (χ0) is 9.68. The van der Waals surface area contributed by atoms with Crippen molar-refractivity contribution in [2.75, 3.05) is 7.11 Å². The lowest BCUT2D eigenvalue weighted by atomic mass is 10.2. The summed E-state index contributed by atoms with van der Waals surface area (Å²) in [5, 5.41) is 0. The molecule has 0 unspecified atom stereocenters. The Hall–Kier alpha value is -1.45. The highest BCUT2D eigenvalue weighted by molar-refractivity contribution is 5.93. The molecule has 70 valence electrons. The molecule has 0 saturated carbocycles. The van der Waals surface area contributed by atoms with Crippen molar-refractivity contribution in [3.8, 4) is 5.88 Å². The second-order valence-electron chi connectivity index (χ2n) is 2.62. The maximum absolute atomic E-state index is 11.3. The Kier molecular flexibility index (Phi) is 3.37. The molecule has 0 aliphatic carbocycles. The number of methoxy groups -OCH3 is 1. The number of aromatic nitrogens is 2. The van der Waals surface area contributed by atoms with Crippen LogP contribution in [0.2, 0.25) is 0 Å². The minimum Gasteiger partial charge on any atom is -0.480 e. The average Bonchev–Trinajstić information content (AvgIpc) is 2.18. The number of carbonyl (C=O) groups is 1. The molecule has 0 N–H and O–H groups in total. The lowest BCUT2D eigenvalue weighted by Gasteiger charge is -1.99. The monoisotopic (exact) mass is 180 g/mol. The predicted molar refractivity (Wildman–Crippen MR) is 47.8 cm³/mol. The molecular formula is C9H12N2O2. The Morgan fingerprint density at radius 3 is 2.69 bits per heavy atom. The first-order valence-corrected chi connectivity index (χ1v) is 4.17. The minimum absolute atomic E-state index is 0.0256. The Balaban J connectivity index is 2.74. The van der Waals surface area contributed by atoms with Gasteiger partial charge in [0.25, 0.3) is 0 Å². The van der Waals surface area contributed by atoms with Crippen molar-refractivity contribution in [3.05, 3.63) is 18.1 Å². The van der Waals surface area contributed by atoms with E-state index in [2.05, 4.69) is 9.97 Å². The third-order valence-corrected chi connectivity index (χ3v) is 1.60. The molecule has 4 nitrogen and oxygen atoms in total. The molecule has 0 bridgehead atoms. The summed E-state index contributed by atoms with van der Waals surface area (Å²) in [7, 11) is 1.51. The molecule has 0 aliphatic rings. The van der Waals surface area contributed by atoms with Crippen LogP contribution in [0.25, 0.3) is 0 Å². The Morgan fingerprint density at radius 2 is 2.23 bits per heavy atom. The number of Topliss-reactive ketones (excluding diaryl/α,β-unsaturated/α-hetero) is 1. The molecule has 1 aromatic rings. The molecule has 1 rings (SSSR count). The molecular weight excluding hydrogens is 168 g/mol. The van der Waals surface area contributed by atoms with Crippen LogP contribution >= 0.6 is 0 Å². The fraction of sp³-hybridized carbons (Fsp3) is 0.444. The fourth-order valence-electron chi connectivity index (χ4n) is 0.921. The second kappa shape index (κ2) is 4.54. The van der Waals surface area contributed by atoms with E-state index in [-0.39, 0.29) is 5.78 Å². The quantitative estimate of drug-likeness (QED) is 0.658. The van der Waals surface area contributed by atoms with Crippen LogP contribution in [0, 0.1) is 0 Å². The van der Waals surface area contributed by atoms with Gasteiger partial charge in [-0.25, -0.2) is 9.97 Å². The van der Waals surface area contributed by atoms with E-state index in [4.69, 9.17) is 4.74 Å². The van der Waals surface area contributed by atoms with Crippen LogP contribution in [0.3, 0.4) is 0 Å². The summed E-state index contributed by atoms with van der Waals surface area (Å²) in [5.41, 5.74) is 0.405. The predicted octanol–water partition coefficient (Wildman–Crippen LogP) is 1.47. The molecule has 0 aliphatic heterocycles. The fourth-order valence-corrected chi connectivity index (χ4v) is 0.921. The highest BCUT2D eigenvalue weighted by atomic mass is 16.5. The minimum atomic E-state index is 0.0256. The smallest absolute Gasteiger partial charge is 0.232 e. The topological polar surface area (TPSA) is 52.1 Å². The van der Waals surface area contributed by atoms with E-state index in [0.29, 0.717) is 18.0 Å². The van der Waals surface area contributed by atoms with Gasteiger partial charge >= 0.3 is 0 Å². The Morgan fingerprint density at radius 1 is 1.46 bits per heavy atom. The molecule has 0 spiro atoms. The zero-order valence-electron chi connectivity index (χ0n) is 7.78. The molecule has 4 heteroatoms. The Bertz CT molecular complexity index is 282. The van der Waals surface area contributed by atoms with Crippen LogP contribution in [-0.4, -0.2) is 22.9 Å². The van der Waals surface area contributed by atoms with Gasteiger partial charge in [-0.3, -0.25) is 4.79 Å². The van der Waals surface area contributed by atoms with Crippen molar-refractivity contribution < 1.29 is 9.53 Å². The van der Waals surface area contributed by atoms with E-state index >= 15 is 0 Å². The highest BCUT2D eigenvalue weighted by Gasteiger charge is 2.06. The molecule has 0 saturated heterocycles. The van der Waals surface area contributed by atoms with Crippen molar-refractivity contribution in [2.24, 2.45) is 0 Å². The number of rotatable bonds is 4. The van der Waals surface area contributed by atoms with Crippen molar-refractivity contribution in [1.29, 1.82) is 0 Å². The van der Waals surface area contributed by atoms with Gasteiger partial charge in [-0.15, -0.1) is 0 Å². The molecule has 0 aromatic carbocycles. The standard InChI is InChI=1S/C9H12N2O2/c1-3-4-8(12)7-5-11-9(13-2)6-10-7/h5-6H,3-4H2,1-2H3. The van der Waals surface area contributed by atoms with E-state index in [0.717, 1.165) is 6.42 Å². The number of nitrogens with zero attached hydrogens (tertiary/aromatic N) is 2. The number of ketones is 1. The molecule has 0 fully saturated rings. The van der Waals surface area contributed by atoms with Crippen LogP contribution in [0.5, 0.6) is 5.88 Å². The molecule has 1 aromatic heterocycles. The van der Waals surface area contributed by atoms with Crippen molar-refractivity contribution >= 4 is 5.78 Å². The van der Waals surface area contributed by atoms with Crippen LogP contribution in [0.4, 0.5) is 0 Å². The second-order valence-corrected chi connectivity index (χ2v) is 2.62. The lowest BCUT2D eigenvalue weighted by molar-refractivity contribution is 0.0976. The number of ether oxygens (including phenoxy) is 1. The highest BCUT2D eigenvalue weighted by Crippen LogP contribution is 2.05. The van der Waals surface area contributed by atoms with Gasteiger partial charge in [0.05, 0.1) is 19.5 Å². The summed E-state index contributed by atoms with van der Waals surface area (Å²) in [4.78, 5) is 19.1. The summed E-state index contributed by atoms with van der Waals surface area (Å²) < 4.78 is 4.82. The normalized spacial score (nSPS) is 9.69. The van der Waals surface area contributed by atoms with Crippen LogP contribution in [-0.2, 0) is 0 Å². The van der Waals surface area contributed by atoms with Gasteiger partial charge in [-0.05, 0) is 6.42 Å². The summed E-state index contributed by atoms with van der Waals surface area (Å²) in [6, 6.07) is 0. The zero-order valence-corrected chi connectivity index (χ0v) is 7.78. The third-order valence-electron chi connectivity index (χ3n) is 1.60. The SMILES string of the molecule is CCCC(=O)c1cnc(OC)cn1. The summed E-state index contributed by atoms with van der Waals surface area (Å²) in [5.74, 6) is 0.450. The number of carbonyl (C=O) groups excluding carboxylic acids is 1. The van der Waals surface area contributed by atoms with E-state index < -0.39 is 0 Å². The Labute approximate surface area is 77.0 Å². The molecule has 13 heavy (non-hydrogen) atoms. The van der Waals surface area contributed by atoms with Crippen LogP contribution < -0.4 is 4.74 Å². The van der Waals surface area contributed by atoms with E-state index in [1.54, 1.807) is 0 Å². The van der Waals surface area contributed by atoms with E-state index in [1.165, 1.54) is 19.5 Å². The number of hydrogen-bond acceptors (Lipinski definition) is 4. The molecule has 1 heterocycles. The summed E-state index contributed by atoms with van der Waals surface area (Å²) >= 11 is 0. The first kappa shape index (κ1) is 9.64. The van der Waals surface area contributed by atoms with Gasteiger partial charge in [0, 0.05) is 6.42 Å². The largest absolute Gasteiger partial charge is 0.480 e. The van der Waals surface area contributed by atoms with Gasteiger partial charge in [0.1, 0.15) is 5.69 Å². The van der Waals surface area contributed by atoms with Gasteiger partial charge in [-0.2, -0.15) is 0 Å². The summed E-state index contributed by atoms with van der Waals surface area (Å²) in [6.45, 7) is 1.95. The third kappa shape index (κ3) is 2.50. The maximum Gasteiger partial charge on any atom is 0.232 e. The maximum atomic E-state index is 11.3. The van der Waals surface area contributed by atoms with Crippen LogP contribution in [0.15, 0.2) is 12.4 Å². The van der Waals surface area contributed by atoms with E-state index in [1.807, 2.05) is 6.92 Å². The lowest BCUT2D eigenvalue weighted by Crippen LogP contribution is -2.02. The first-order valence-electron chi connectivity index (χ1n) is 4.17. The van der Waals surface area contributed by atoms with E-state index in [9.17, 15) is 4.79 Å². The summed E-state index contributed by atoms with van der Waals surface area (Å²) in [6.07, 6.45) is 4.23. The van der Waals surface area contributed by atoms with Gasteiger partial charge in [0.2, 0.25) is 5.88 Å². The van der Waals surface area contributed by atoms with Gasteiger partial charge < -0.3 is 4.74 Å². The average molecular weight is 180 g/mol. The molecule has 0 radical (unpaired) electrons. The molecule has 0 amide bonds.